The Kier molecular flexibility index (Phi) is 38.5. The summed E-state index contributed by atoms with van der Waals surface area (Å²) in [7, 11) is -32.1. The van der Waals surface area contributed by atoms with Crippen LogP contribution in [0.15, 0.2) is 237 Å². The van der Waals surface area contributed by atoms with Gasteiger partial charge in [-0.2, -0.15) is 19.9 Å². The zero-order valence-corrected chi connectivity index (χ0v) is 77.9. The van der Waals surface area contributed by atoms with Gasteiger partial charge >= 0.3 is 90.4 Å². The Bertz CT molecular complexity index is 6410. The van der Waals surface area contributed by atoms with E-state index in [2.05, 4.69) is 96.6 Å². The minimum Gasteiger partial charge on any atom is -0.789 e. The third-order valence-corrected chi connectivity index (χ3v) is 21.9. The van der Waals surface area contributed by atoms with E-state index in [1.165, 1.54) is 170 Å². The van der Waals surface area contributed by atoms with Crippen molar-refractivity contribution in [3.8, 4) is 0 Å². The number of nitrogens with zero attached hydrogens (tertiary/aromatic N) is 8. The van der Waals surface area contributed by atoms with E-state index in [1.54, 1.807) is 42.5 Å². The number of phosphoric ester groups is 4. The molecule has 11 rings (SSSR count). The molecule has 7 aromatic carbocycles. The minimum atomic E-state index is -6.63. The van der Waals surface area contributed by atoms with Gasteiger partial charge in [0.15, 0.2) is 47.7 Å². The topological polar surface area (TPSA) is 756 Å². The van der Waals surface area contributed by atoms with Crippen molar-refractivity contribution in [1.29, 1.82) is 0 Å². The van der Waals surface area contributed by atoms with Crippen LogP contribution in [0.5, 0.6) is 0 Å². The number of nitrogens with two attached hydrogens (primary N) is 1. The van der Waals surface area contributed by atoms with Crippen LogP contribution >= 0.6 is 39.1 Å². The van der Waals surface area contributed by atoms with Gasteiger partial charge in [0.2, 0.25) is 23.8 Å². The number of phosphoric acid groups is 5. The molecule has 0 radical (unpaired) electrons. The average molecular weight is 1970 g/mol. The molecule has 4 unspecified atom stereocenters. The average Bonchev–Trinajstić information content (AvgIpc) is 0.824. The summed E-state index contributed by atoms with van der Waals surface area (Å²) in [6.45, 7) is -7.42. The van der Waals surface area contributed by atoms with Crippen molar-refractivity contribution < 1.29 is 205 Å². The molecule has 135 heavy (non-hydrogen) atoms. The number of aliphatic hydroxyl groups excluding tert-OH is 1. The molecular formula is C77H69N20Na2O31P5. The Morgan fingerprint density at radius 3 is 0.748 bits per heavy atom. The van der Waals surface area contributed by atoms with Gasteiger partial charge in [0.25, 0.3) is 65.0 Å². The zero-order chi connectivity index (χ0) is 95.6. The van der Waals surface area contributed by atoms with Crippen LogP contribution in [-0.2, 0) is 78.0 Å². The van der Waals surface area contributed by atoms with Crippen LogP contribution < -0.4 is 133 Å². The second-order valence-corrected chi connectivity index (χ2v) is 33.3. The fourth-order valence-corrected chi connectivity index (χ4v) is 14.9. The predicted octanol–water partition coefficient (Wildman–Crippen LogP) is -0.113. The van der Waals surface area contributed by atoms with Crippen molar-refractivity contribution in [3.63, 3.8) is 0 Å². The van der Waals surface area contributed by atoms with Crippen molar-refractivity contribution in [2.75, 3.05) is 90.6 Å². The van der Waals surface area contributed by atoms with Gasteiger partial charge in [-0.25, -0.2) is 38.2 Å². The molecule has 11 amide bonds. The molecule has 690 valence electrons. The van der Waals surface area contributed by atoms with Gasteiger partial charge in [0.05, 0.1) is 59.0 Å². The van der Waals surface area contributed by atoms with Crippen LogP contribution in [0.1, 0.15) is 72.5 Å². The Labute approximate surface area is 804 Å². The van der Waals surface area contributed by atoms with E-state index in [4.69, 9.17) is 32.9 Å². The number of carbonyl (C=O) groups excluding carboxylic acids is 11. The number of hydrogen-bond acceptors (Lipinski definition) is 36. The van der Waals surface area contributed by atoms with Gasteiger partial charge in [-0.1, -0.05) is 127 Å². The number of anilines is 12. The van der Waals surface area contributed by atoms with Crippen molar-refractivity contribution in [2.45, 2.75) is 24.4 Å². The molecule has 0 aliphatic heterocycles. The summed E-state index contributed by atoms with van der Waals surface area (Å²) >= 11 is 0. The largest absolute Gasteiger partial charge is 1.00 e. The Morgan fingerprint density at radius 2 is 0.511 bits per heavy atom. The van der Waals surface area contributed by atoms with Gasteiger partial charge in [0.1, 0.15) is 22.7 Å². The van der Waals surface area contributed by atoms with Crippen LogP contribution in [0.4, 0.5) is 69.8 Å². The summed E-state index contributed by atoms with van der Waals surface area (Å²) in [5.74, 6) is -17.9. The number of aromatic nitrogens is 8. The molecule has 51 nitrogen and oxygen atoms in total. The van der Waals surface area contributed by atoms with E-state index in [-0.39, 0.29) is 98.1 Å². The smallest absolute Gasteiger partial charge is 0.789 e. The number of hydrogen-bond donors (Lipinski definition) is 17. The van der Waals surface area contributed by atoms with E-state index in [0.29, 0.717) is 12.4 Å². The van der Waals surface area contributed by atoms with E-state index in [0.717, 1.165) is 12.4 Å². The summed E-state index contributed by atoms with van der Waals surface area (Å²) in [5, 5.41) is 35.4. The van der Waals surface area contributed by atoms with Gasteiger partial charge in [-0.15, -0.1) is 0 Å². The second kappa shape index (κ2) is 49.0. The third kappa shape index (κ3) is 32.9. The quantitative estimate of drug-likeness (QED) is 0.0175. The second-order valence-electron chi connectivity index (χ2n) is 26.4. The number of benzene rings is 7. The molecule has 11 aromatic rings. The first-order valence-corrected chi connectivity index (χ1v) is 45.1. The van der Waals surface area contributed by atoms with E-state index < -0.39 is 225 Å². The standard InChI is InChI=1S/C77H71N20O31P5.2Na/c78-59-51(36-79-74(87-59)94-66(102)47-28-14-4-15-29-47)83-71(107)56(125-132(117,118)123-43-58(127-133(119,120)128-129(110,111)112)73(109)86-54-39-82-77(97-69(105)50-34-20-7-21-35-50)93-62(54)90-65(101)46-26-12-3-13-27-46)41-122-131(115,116)126-57(72(108)85-53-38-81-76(96-68(104)49-32-18-6-19-33-49)92-61(53)89-64(100)45-24-10-2-11-25-45)42-121-130(113,114)124-55(40-98)70(106)84-52-37-80-75(95-67(103)48-30-16-5-17-31-48)91-60(52)88-63(99)44-22-8-1-9-23-44;;/h1-39,55-58,98H,40-43H2,(H,83,107)(H,84,106)(H,85,108)(H,86,109)(H,113,114)(H,115,116)(H,117,118)(H,119,120)(H2,110,111,112)(H3,78,79,87,94,102)(H2,80,88,91,95,99,103)(H2,81,89,92,96,100,104)(H2,82,90,93,97,101,105);;/q;2*+1/p-2/t55-,56-,57-,58-;;/m1../s1. The van der Waals surface area contributed by atoms with Crippen molar-refractivity contribution in [2.24, 2.45) is 0 Å². The van der Waals surface area contributed by atoms with E-state index >= 15 is 0 Å². The zero-order valence-electron chi connectivity index (χ0n) is 69.4. The van der Waals surface area contributed by atoms with Gasteiger partial charge in [0, 0.05) is 38.9 Å². The number of rotatable bonds is 42. The van der Waals surface area contributed by atoms with E-state index in [9.17, 15) is 110 Å². The maximum absolute atomic E-state index is 14.9. The molecular weight excluding hydrogens is 1900 g/mol. The number of carbonyl (C=O) groups is 11. The van der Waals surface area contributed by atoms with Crippen LogP contribution in [0, 0.1) is 0 Å². The molecule has 18 N–H and O–H groups in total. The van der Waals surface area contributed by atoms with Crippen molar-refractivity contribution >= 4 is 174 Å². The summed E-state index contributed by atoms with van der Waals surface area (Å²) in [6, 6.07) is 51.2. The van der Waals surface area contributed by atoms with Gasteiger partial charge in [-0.05, 0) is 84.9 Å². The number of nitrogen functional groups attached to an aromatic ring is 1. The first-order valence-electron chi connectivity index (χ1n) is 37.7. The first-order chi connectivity index (χ1) is 63.3. The van der Waals surface area contributed by atoms with Crippen molar-refractivity contribution in [3.05, 3.63) is 276 Å². The van der Waals surface area contributed by atoms with Crippen molar-refractivity contribution in [1.82, 2.24) is 39.9 Å². The molecule has 0 spiro atoms. The summed E-state index contributed by atoms with van der Waals surface area (Å²) < 4.78 is 107. The number of amides is 11. The Hall–Kier alpha value is -12.6. The fraction of sp³-hybridized carbons (Fsp3) is 0.104. The number of nitrogens with one attached hydrogen (secondary N) is 11. The van der Waals surface area contributed by atoms with Crippen LogP contribution in [0.3, 0.4) is 0 Å². The molecule has 0 fully saturated rings. The summed E-state index contributed by atoms with van der Waals surface area (Å²) in [6.07, 6.45) is -8.68. The van der Waals surface area contributed by atoms with E-state index in [1.807, 2.05) is 10.6 Å². The minimum absolute atomic E-state index is 0. The summed E-state index contributed by atoms with van der Waals surface area (Å²) in [4.78, 5) is 252. The molecule has 0 bridgehead atoms. The van der Waals surface area contributed by atoms with Gasteiger partial charge in [-0.3, -0.25) is 110 Å². The maximum Gasteiger partial charge on any atom is 1.00 e. The molecule has 4 heterocycles. The summed E-state index contributed by atoms with van der Waals surface area (Å²) in [5.41, 5.74) is 3.69. The van der Waals surface area contributed by atoms with Crippen LogP contribution in [-0.4, -0.2) is 180 Å². The molecule has 0 saturated carbocycles. The monoisotopic (exact) mass is 1970 g/mol. The molecule has 8 atom stereocenters. The molecule has 4 aromatic heterocycles. The first kappa shape index (κ1) is 106. The molecule has 0 saturated heterocycles. The number of aliphatic hydroxyl groups is 1. The molecule has 0 aliphatic rings. The Balaban J connectivity index is 0.0000102. The van der Waals surface area contributed by atoms with Crippen LogP contribution in [0.25, 0.3) is 0 Å². The predicted molar refractivity (Wildman–Crippen MR) is 460 cm³/mol. The molecule has 58 heteroatoms. The Morgan fingerprint density at radius 1 is 0.304 bits per heavy atom. The fourth-order valence-electron chi connectivity index (χ4n) is 10.6. The normalized spacial score (nSPS) is 13.7. The van der Waals surface area contributed by atoms with Gasteiger partial charge < -0.3 is 82.0 Å². The SMILES string of the molecule is Nc1nc(NC(=O)c2ccccc2)ncc1NC(=O)[C@@H](COP(=O)(O)O[C@H](COP(=O)(O)O[C@H](CO)C(=O)Nc1cnc(NC(=O)c2ccccc2)nc1NC(=O)c1ccccc1)C(=O)Nc1cnc(NC(=O)c2ccccc2)nc1NC(=O)c1ccccc1)OP(=O)(O)OC[C@@H](OP(=O)(O)OP(=O)([O-])[O-])C(=O)Nc1cnc(NC(=O)c2ccccc2)nc1NC(=O)c1ccccc1.[Na+].[Na+]. The third-order valence-electron chi connectivity index (χ3n) is 16.8. The molecule has 0 aliphatic carbocycles. The maximum atomic E-state index is 14.9. The van der Waals surface area contributed by atoms with Crippen LogP contribution in [0.2, 0.25) is 0 Å².